The van der Waals surface area contributed by atoms with E-state index in [9.17, 15) is 0 Å². The Kier molecular flexibility index (Phi) is 51.8. The van der Waals surface area contributed by atoms with Crippen molar-refractivity contribution in [3.8, 4) is 0 Å². The van der Waals surface area contributed by atoms with Gasteiger partial charge in [0.15, 0.2) is 0 Å². The first-order chi connectivity index (χ1) is 8.66. The van der Waals surface area contributed by atoms with Crippen molar-refractivity contribution in [2.24, 2.45) is 28.7 Å². The average Bonchev–Trinajstić information content (AvgIpc) is 1.94. The number of hydrogen-bond acceptors (Lipinski definition) is 10. The van der Waals surface area contributed by atoms with Crippen molar-refractivity contribution >= 4 is 30.5 Å². The molecule has 0 saturated carbocycles. The summed E-state index contributed by atoms with van der Waals surface area (Å²) in [5.41, 5.74) is 19.6. The summed E-state index contributed by atoms with van der Waals surface area (Å²) < 4.78 is 0. The molecule has 0 aliphatic carbocycles. The van der Waals surface area contributed by atoms with Crippen LogP contribution in [0.25, 0.3) is 0 Å². The predicted octanol–water partition coefficient (Wildman–Crippen LogP) is -8.56. The quantitative estimate of drug-likeness (QED) is 0.271. The van der Waals surface area contributed by atoms with Gasteiger partial charge >= 0.3 is 0 Å². The van der Waals surface area contributed by atoms with Crippen molar-refractivity contribution in [1.82, 2.24) is 0 Å². The first kappa shape index (κ1) is 36.1. The fourth-order valence-corrected chi connectivity index (χ4v) is 0. The van der Waals surface area contributed by atoms with Crippen LogP contribution in [-0.4, -0.2) is 30.5 Å². The van der Waals surface area contributed by atoms with Gasteiger partial charge in [-0.05, 0) is 0 Å². The molecule has 1 radical (unpaired) electrons. The van der Waals surface area contributed by atoms with E-state index in [2.05, 4.69) is 28.7 Å². The van der Waals surface area contributed by atoms with Crippen LogP contribution < -0.4 is 54.2 Å². The number of rotatable bonds is 0. The zero-order chi connectivity index (χ0) is 17.9. The standard InChI is InChI=1S/5CH3NO2.Co/c5*2-1(3)4;/h5*2H2,(H,3,4);/p-5. The van der Waals surface area contributed by atoms with E-state index < -0.39 is 30.5 Å². The van der Waals surface area contributed by atoms with Gasteiger partial charge in [-0.1, -0.05) is 0 Å². The van der Waals surface area contributed by atoms with E-state index in [1.807, 2.05) is 0 Å². The summed E-state index contributed by atoms with van der Waals surface area (Å²) in [5, 5.41) is 43.3. The second-order valence-electron chi connectivity index (χ2n) is 1.60. The van der Waals surface area contributed by atoms with Crippen LogP contribution in [0, 0.1) is 0 Å². The van der Waals surface area contributed by atoms with Crippen LogP contribution in [0.5, 0.6) is 0 Å². The van der Waals surface area contributed by atoms with Gasteiger partial charge < -0.3 is 78.2 Å². The van der Waals surface area contributed by atoms with Gasteiger partial charge in [0, 0.05) is 16.8 Å². The van der Waals surface area contributed by atoms with E-state index in [1.54, 1.807) is 0 Å². The van der Waals surface area contributed by atoms with E-state index in [-0.39, 0.29) is 16.8 Å². The van der Waals surface area contributed by atoms with E-state index in [0.29, 0.717) is 0 Å². The third kappa shape index (κ3) is 377. The molecule has 0 aromatic rings. The topological polar surface area (TPSA) is 331 Å². The van der Waals surface area contributed by atoms with Crippen LogP contribution in [0.1, 0.15) is 0 Å². The van der Waals surface area contributed by atoms with E-state index in [1.165, 1.54) is 0 Å². The van der Waals surface area contributed by atoms with E-state index >= 15 is 0 Å². The van der Waals surface area contributed by atoms with Crippen molar-refractivity contribution in [3.05, 3.63) is 0 Å². The van der Waals surface area contributed by atoms with E-state index in [0.717, 1.165) is 0 Å². The fourth-order valence-electron chi connectivity index (χ4n) is 0. The molecule has 16 heteroatoms. The minimum absolute atomic E-state index is 0. The number of carbonyl (C=O) groups is 5. The summed E-state index contributed by atoms with van der Waals surface area (Å²) in [5.74, 6) is 0. The maximum Gasteiger partial charge on any atom is 0.131 e. The minimum atomic E-state index is -1.58. The summed E-state index contributed by atoms with van der Waals surface area (Å²) in [4.78, 5) is 43.3. The Morgan fingerprint density at radius 3 is 0.429 bits per heavy atom. The van der Waals surface area contributed by atoms with Crippen LogP contribution in [-0.2, 0) is 16.8 Å². The van der Waals surface area contributed by atoms with Crippen molar-refractivity contribution < 1.29 is 66.3 Å². The van der Waals surface area contributed by atoms with Crippen LogP contribution in [0.4, 0.5) is 24.0 Å². The number of carbonyl (C=O) groups excluding carboxylic acids is 5. The molecule has 0 atom stereocenters. The van der Waals surface area contributed by atoms with Crippen molar-refractivity contribution in [2.45, 2.75) is 0 Å². The summed E-state index contributed by atoms with van der Waals surface area (Å²) in [6.45, 7) is 0. The Hall–Kier alpha value is -3.14. The molecular formula is C5H10CoN5O10-5. The van der Waals surface area contributed by atoms with Gasteiger partial charge in [-0.2, -0.15) is 0 Å². The summed E-state index contributed by atoms with van der Waals surface area (Å²) >= 11 is 0. The molecule has 0 aromatic heterocycles. The molecule has 15 nitrogen and oxygen atoms in total. The monoisotopic (exact) mass is 359 g/mol. The zero-order valence-corrected chi connectivity index (χ0v) is 10.8. The Balaban J connectivity index is -0.0000000331. The van der Waals surface area contributed by atoms with Crippen LogP contribution in [0.3, 0.4) is 0 Å². The minimum Gasteiger partial charge on any atom is -0.530 e. The molecule has 21 heavy (non-hydrogen) atoms. The van der Waals surface area contributed by atoms with Crippen LogP contribution in [0.15, 0.2) is 0 Å². The van der Waals surface area contributed by atoms with Gasteiger partial charge in [-0.25, -0.2) is 0 Å². The van der Waals surface area contributed by atoms with Gasteiger partial charge in [-0.15, -0.1) is 0 Å². The second-order valence-corrected chi connectivity index (χ2v) is 1.60. The molecular weight excluding hydrogens is 349 g/mol. The molecule has 0 aliphatic heterocycles. The summed E-state index contributed by atoms with van der Waals surface area (Å²) in [6, 6.07) is 0. The Bertz CT molecular complexity index is 221. The number of nitrogens with two attached hydrogens (primary N) is 5. The number of primary amides is 5. The Morgan fingerprint density at radius 1 is 0.429 bits per heavy atom. The maximum atomic E-state index is 8.67. The third-order valence-electron chi connectivity index (χ3n) is 0. The first-order valence-corrected chi connectivity index (χ1v) is 3.48. The van der Waals surface area contributed by atoms with E-state index in [4.69, 9.17) is 49.5 Å². The van der Waals surface area contributed by atoms with Crippen molar-refractivity contribution in [1.29, 1.82) is 0 Å². The van der Waals surface area contributed by atoms with Gasteiger partial charge in [0.25, 0.3) is 0 Å². The molecule has 10 N–H and O–H groups in total. The van der Waals surface area contributed by atoms with Gasteiger partial charge in [-0.3, -0.25) is 0 Å². The first-order valence-electron chi connectivity index (χ1n) is 3.48. The van der Waals surface area contributed by atoms with Gasteiger partial charge in [0.05, 0.1) is 0 Å². The maximum absolute atomic E-state index is 8.67. The Morgan fingerprint density at radius 2 is 0.429 bits per heavy atom. The van der Waals surface area contributed by atoms with Crippen LogP contribution in [0.2, 0.25) is 0 Å². The van der Waals surface area contributed by atoms with Gasteiger partial charge in [0.1, 0.15) is 30.5 Å². The molecule has 0 saturated heterocycles. The molecule has 0 unspecified atom stereocenters. The summed E-state index contributed by atoms with van der Waals surface area (Å²) in [6.07, 6.45) is -7.92. The molecule has 0 aliphatic rings. The van der Waals surface area contributed by atoms with Crippen LogP contribution >= 0.6 is 0 Å². The molecule has 0 spiro atoms. The van der Waals surface area contributed by atoms with Crippen molar-refractivity contribution in [2.75, 3.05) is 0 Å². The smallest absolute Gasteiger partial charge is 0.131 e. The number of amides is 5. The Labute approximate surface area is 126 Å². The molecule has 129 valence electrons. The molecule has 0 aromatic carbocycles. The largest absolute Gasteiger partial charge is 0.530 e. The third-order valence-corrected chi connectivity index (χ3v) is 0. The fraction of sp³-hybridized carbons (Fsp3) is 0. The number of hydrogen-bond donors (Lipinski definition) is 5. The molecule has 0 bridgehead atoms. The zero-order valence-electron chi connectivity index (χ0n) is 9.80. The average molecular weight is 359 g/mol. The van der Waals surface area contributed by atoms with Gasteiger partial charge in [0.2, 0.25) is 0 Å². The predicted molar refractivity (Wildman–Crippen MR) is 47.9 cm³/mol. The molecule has 0 heterocycles. The molecule has 0 rings (SSSR count). The summed E-state index contributed by atoms with van der Waals surface area (Å²) in [7, 11) is 0. The molecule has 0 fully saturated rings. The SMILES string of the molecule is NC(=O)[O-].NC(=O)[O-].NC(=O)[O-].NC(=O)[O-].NC(=O)[O-].[Co]. The molecule has 5 amide bonds. The second kappa shape index (κ2) is 30.1. The normalized spacial score (nSPS) is 5.71. The number of carboxylic acid groups (broad SMARTS) is 5. The van der Waals surface area contributed by atoms with Crippen molar-refractivity contribution in [3.63, 3.8) is 0 Å².